The molecule has 2 aromatic rings. The maximum atomic E-state index is 6.34. The van der Waals surface area contributed by atoms with Crippen LogP contribution in [0.5, 0.6) is 11.5 Å². The Morgan fingerprint density at radius 2 is 1.88 bits per heavy atom. The average molecular weight is 375 g/mol. The van der Waals surface area contributed by atoms with E-state index in [9.17, 15) is 0 Å². The third kappa shape index (κ3) is 4.48. The average Bonchev–Trinajstić information content (AvgIpc) is 2.69. The lowest BCUT2D eigenvalue weighted by Gasteiger charge is -2.28. The molecule has 1 aliphatic rings. The summed E-state index contributed by atoms with van der Waals surface area (Å²) in [6, 6.07) is 11.8. The van der Waals surface area contributed by atoms with Crippen molar-refractivity contribution in [1.82, 2.24) is 0 Å². The van der Waals surface area contributed by atoms with Crippen LogP contribution >= 0.6 is 11.6 Å². The van der Waals surface area contributed by atoms with Crippen molar-refractivity contribution in [3.8, 4) is 11.5 Å². The summed E-state index contributed by atoms with van der Waals surface area (Å²) in [5, 5.41) is 0.572. The number of ether oxygens (including phenoxy) is 3. The predicted octanol–water partition coefficient (Wildman–Crippen LogP) is 4.33. The van der Waals surface area contributed by atoms with Crippen LogP contribution in [-0.4, -0.2) is 46.2 Å². The molecule has 3 rings (SSSR count). The molecule has 0 spiro atoms. The zero-order valence-electron chi connectivity index (χ0n) is 15.1. The molecule has 0 atom stereocenters. The van der Waals surface area contributed by atoms with E-state index in [0.29, 0.717) is 23.1 Å². The molecule has 1 saturated heterocycles. The van der Waals surface area contributed by atoms with Crippen LogP contribution in [0.4, 0.5) is 11.4 Å². The van der Waals surface area contributed by atoms with Crippen LogP contribution in [0, 0.1) is 0 Å². The third-order valence-corrected chi connectivity index (χ3v) is 4.49. The number of hydrogen-bond acceptors (Lipinski definition) is 5. The van der Waals surface area contributed by atoms with Gasteiger partial charge in [0.2, 0.25) is 0 Å². The van der Waals surface area contributed by atoms with E-state index in [1.54, 1.807) is 19.4 Å². The lowest BCUT2D eigenvalue weighted by atomic mass is 10.2. The van der Waals surface area contributed by atoms with E-state index >= 15 is 0 Å². The molecule has 0 bridgehead atoms. The summed E-state index contributed by atoms with van der Waals surface area (Å²) >= 11 is 6.34. The van der Waals surface area contributed by atoms with Crippen molar-refractivity contribution in [2.75, 3.05) is 44.9 Å². The molecule has 0 N–H and O–H groups in total. The summed E-state index contributed by atoms with van der Waals surface area (Å²) in [5.41, 5.74) is 2.84. The Labute approximate surface area is 159 Å². The Balaban J connectivity index is 1.74. The van der Waals surface area contributed by atoms with Gasteiger partial charge < -0.3 is 19.1 Å². The van der Waals surface area contributed by atoms with Crippen molar-refractivity contribution in [1.29, 1.82) is 0 Å². The van der Waals surface area contributed by atoms with Crippen molar-refractivity contribution in [3.63, 3.8) is 0 Å². The van der Waals surface area contributed by atoms with Gasteiger partial charge in [-0.1, -0.05) is 11.6 Å². The van der Waals surface area contributed by atoms with Gasteiger partial charge in [-0.3, -0.25) is 4.99 Å². The molecule has 0 saturated carbocycles. The zero-order chi connectivity index (χ0) is 18.4. The van der Waals surface area contributed by atoms with Gasteiger partial charge in [-0.05, 0) is 37.3 Å². The van der Waals surface area contributed by atoms with Crippen LogP contribution in [0.1, 0.15) is 12.5 Å². The van der Waals surface area contributed by atoms with Gasteiger partial charge in [0, 0.05) is 36.6 Å². The molecule has 0 aliphatic carbocycles. The van der Waals surface area contributed by atoms with Crippen molar-refractivity contribution < 1.29 is 14.2 Å². The van der Waals surface area contributed by atoms with Gasteiger partial charge in [-0.2, -0.15) is 0 Å². The monoisotopic (exact) mass is 374 g/mol. The van der Waals surface area contributed by atoms with Crippen LogP contribution < -0.4 is 14.4 Å². The molecule has 5 nitrogen and oxygen atoms in total. The van der Waals surface area contributed by atoms with Crippen molar-refractivity contribution in [3.05, 3.63) is 47.0 Å². The zero-order valence-corrected chi connectivity index (χ0v) is 15.8. The molecular weight excluding hydrogens is 352 g/mol. The van der Waals surface area contributed by atoms with Crippen molar-refractivity contribution in [2.24, 2.45) is 4.99 Å². The first-order chi connectivity index (χ1) is 12.7. The Kier molecular flexibility index (Phi) is 6.36. The quantitative estimate of drug-likeness (QED) is 0.706. The van der Waals surface area contributed by atoms with E-state index in [2.05, 4.69) is 22.0 Å². The fourth-order valence-electron chi connectivity index (χ4n) is 2.79. The maximum Gasteiger partial charge on any atom is 0.162 e. The number of methoxy groups -OCH3 is 1. The van der Waals surface area contributed by atoms with Crippen LogP contribution in [0.25, 0.3) is 0 Å². The number of hydrogen-bond donors (Lipinski definition) is 0. The normalized spacial score (nSPS) is 14.7. The highest BCUT2D eigenvalue weighted by atomic mass is 35.5. The van der Waals surface area contributed by atoms with E-state index in [1.807, 2.05) is 25.1 Å². The van der Waals surface area contributed by atoms with Crippen LogP contribution in [0.3, 0.4) is 0 Å². The largest absolute Gasteiger partial charge is 0.493 e. The van der Waals surface area contributed by atoms with Gasteiger partial charge in [-0.15, -0.1) is 0 Å². The lowest BCUT2D eigenvalue weighted by Crippen LogP contribution is -2.36. The predicted molar refractivity (Wildman–Crippen MR) is 106 cm³/mol. The van der Waals surface area contributed by atoms with E-state index in [4.69, 9.17) is 25.8 Å². The topological polar surface area (TPSA) is 43.3 Å². The van der Waals surface area contributed by atoms with Crippen LogP contribution in [0.2, 0.25) is 5.02 Å². The second kappa shape index (κ2) is 8.92. The molecule has 2 aromatic carbocycles. The Bertz CT molecular complexity index is 756. The number of anilines is 1. The molecule has 1 heterocycles. The van der Waals surface area contributed by atoms with Crippen LogP contribution in [0.15, 0.2) is 41.4 Å². The Morgan fingerprint density at radius 3 is 2.54 bits per heavy atom. The van der Waals surface area contributed by atoms with Gasteiger partial charge >= 0.3 is 0 Å². The standard InChI is InChI=1S/C20H23ClN2O3/c1-3-26-20-13-18(21)15(12-19(20)24-2)14-22-16-4-6-17(7-5-16)23-8-10-25-11-9-23/h4-7,12-14H,3,8-11H2,1-2H3. The summed E-state index contributed by atoms with van der Waals surface area (Å²) in [7, 11) is 1.61. The summed E-state index contributed by atoms with van der Waals surface area (Å²) in [6.45, 7) is 5.86. The van der Waals surface area contributed by atoms with Crippen molar-refractivity contribution in [2.45, 2.75) is 6.92 Å². The first-order valence-electron chi connectivity index (χ1n) is 8.68. The Hall–Kier alpha value is -2.24. The summed E-state index contributed by atoms with van der Waals surface area (Å²) in [6.07, 6.45) is 1.74. The van der Waals surface area contributed by atoms with Gasteiger partial charge in [0.05, 0.1) is 37.6 Å². The number of rotatable bonds is 6. The first-order valence-corrected chi connectivity index (χ1v) is 9.06. The number of halogens is 1. The van der Waals surface area contributed by atoms with E-state index in [1.165, 1.54) is 5.69 Å². The highest BCUT2D eigenvalue weighted by molar-refractivity contribution is 6.33. The Morgan fingerprint density at radius 1 is 1.15 bits per heavy atom. The lowest BCUT2D eigenvalue weighted by molar-refractivity contribution is 0.122. The molecule has 26 heavy (non-hydrogen) atoms. The van der Waals surface area contributed by atoms with Gasteiger partial charge in [0.15, 0.2) is 11.5 Å². The molecule has 1 fully saturated rings. The second-order valence-corrected chi connectivity index (χ2v) is 6.24. The number of aliphatic imine (C=N–C) groups is 1. The highest BCUT2D eigenvalue weighted by Gasteiger charge is 2.11. The summed E-state index contributed by atoms with van der Waals surface area (Å²) < 4.78 is 16.3. The minimum absolute atomic E-state index is 0.551. The van der Waals surface area contributed by atoms with Gasteiger partial charge in [0.1, 0.15) is 0 Å². The third-order valence-electron chi connectivity index (χ3n) is 4.16. The SMILES string of the molecule is CCOc1cc(Cl)c(C=Nc2ccc(N3CCOCC3)cc2)cc1OC. The van der Waals surface area contributed by atoms with Crippen LogP contribution in [-0.2, 0) is 4.74 Å². The molecule has 0 unspecified atom stereocenters. The van der Waals surface area contributed by atoms with Crippen molar-refractivity contribution >= 4 is 29.2 Å². The minimum atomic E-state index is 0.551. The fraction of sp³-hybridized carbons (Fsp3) is 0.350. The highest BCUT2D eigenvalue weighted by Crippen LogP contribution is 2.33. The first kappa shape index (κ1) is 18.5. The maximum absolute atomic E-state index is 6.34. The summed E-state index contributed by atoms with van der Waals surface area (Å²) in [5.74, 6) is 1.27. The molecule has 0 amide bonds. The molecule has 6 heteroatoms. The van der Waals surface area contributed by atoms with E-state index in [0.717, 1.165) is 37.6 Å². The fourth-order valence-corrected chi connectivity index (χ4v) is 3.00. The smallest absolute Gasteiger partial charge is 0.162 e. The van der Waals surface area contributed by atoms with E-state index < -0.39 is 0 Å². The molecule has 1 aliphatic heterocycles. The number of nitrogens with zero attached hydrogens (tertiary/aromatic N) is 2. The van der Waals surface area contributed by atoms with Gasteiger partial charge in [-0.25, -0.2) is 0 Å². The molecule has 0 radical (unpaired) electrons. The summed E-state index contributed by atoms with van der Waals surface area (Å²) in [4.78, 5) is 6.84. The minimum Gasteiger partial charge on any atom is -0.493 e. The molecular formula is C20H23ClN2O3. The molecule has 0 aromatic heterocycles. The van der Waals surface area contributed by atoms with E-state index in [-0.39, 0.29) is 0 Å². The molecule has 138 valence electrons. The number of benzene rings is 2. The number of morpholine rings is 1. The second-order valence-electron chi connectivity index (χ2n) is 5.83. The van der Waals surface area contributed by atoms with Gasteiger partial charge in [0.25, 0.3) is 0 Å².